The summed E-state index contributed by atoms with van der Waals surface area (Å²) in [6.45, 7) is 10.2. The molecule has 0 unspecified atom stereocenters. The Labute approximate surface area is 186 Å². The molecule has 0 saturated heterocycles. The number of rotatable bonds is 10. The van der Waals surface area contributed by atoms with Crippen LogP contribution in [0.1, 0.15) is 81.8 Å². The second-order valence-electron chi connectivity index (χ2n) is 9.14. The second kappa shape index (κ2) is 10.7. The van der Waals surface area contributed by atoms with Crippen LogP contribution < -0.4 is 5.32 Å². The number of furan rings is 1. The van der Waals surface area contributed by atoms with E-state index in [9.17, 15) is 9.59 Å². The van der Waals surface area contributed by atoms with Crippen molar-refractivity contribution in [3.8, 4) is 0 Å². The maximum absolute atomic E-state index is 13.0. The maximum atomic E-state index is 13.0. The molecule has 0 aromatic carbocycles. The largest absolute Gasteiger partial charge is 0.454 e. The molecule has 6 heteroatoms. The maximum Gasteiger partial charge on any atom is 0.287 e. The highest BCUT2D eigenvalue weighted by atomic mass is 16.4. The van der Waals surface area contributed by atoms with Crippen molar-refractivity contribution in [1.29, 1.82) is 0 Å². The van der Waals surface area contributed by atoms with Crippen molar-refractivity contribution in [3.05, 3.63) is 47.7 Å². The molecule has 0 aliphatic heterocycles. The van der Waals surface area contributed by atoms with Crippen LogP contribution >= 0.6 is 0 Å². The van der Waals surface area contributed by atoms with Crippen LogP contribution in [0.25, 0.3) is 0 Å². The lowest BCUT2D eigenvalue weighted by atomic mass is 10.1. The van der Waals surface area contributed by atoms with Gasteiger partial charge in [0.25, 0.3) is 5.91 Å². The molecule has 1 saturated carbocycles. The quantitative estimate of drug-likeness (QED) is 0.590. The number of aromatic nitrogens is 1. The van der Waals surface area contributed by atoms with E-state index in [1.807, 2.05) is 30.2 Å². The third-order valence-corrected chi connectivity index (χ3v) is 6.36. The van der Waals surface area contributed by atoms with E-state index in [4.69, 9.17) is 4.42 Å². The molecular formula is C25H37N3O3. The van der Waals surface area contributed by atoms with Gasteiger partial charge in [0.2, 0.25) is 5.91 Å². The summed E-state index contributed by atoms with van der Waals surface area (Å²) in [5.74, 6) is 1.72. The number of amides is 2. The lowest BCUT2D eigenvalue weighted by Crippen LogP contribution is -2.36. The fourth-order valence-corrected chi connectivity index (χ4v) is 4.11. The van der Waals surface area contributed by atoms with Gasteiger partial charge in [-0.2, -0.15) is 0 Å². The Kier molecular flexibility index (Phi) is 7.99. The molecule has 2 aromatic rings. The number of carbonyl (C=O) groups is 2. The summed E-state index contributed by atoms with van der Waals surface area (Å²) >= 11 is 0. The van der Waals surface area contributed by atoms with Gasteiger partial charge in [-0.3, -0.25) is 9.59 Å². The summed E-state index contributed by atoms with van der Waals surface area (Å²) in [7, 11) is 0. The fourth-order valence-electron chi connectivity index (χ4n) is 4.11. The van der Waals surface area contributed by atoms with E-state index in [2.05, 4.69) is 36.7 Å². The summed E-state index contributed by atoms with van der Waals surface area (Å²) in [5, 5.41) is 2.97. The van der Waals surface area contributed by atoms with Crippen molar-refractivity contribution in [2.24, 2.45) is 11.8 Å². The van der Waals surface area contributed by atoms with Crippen molar-refractivity contribution >= 4 is 11.8 Å². The molecule has 170 valence electrons. The first-order valence-corrected chi connectivity index (χ1v) is 11.7. The standard InChI is InChI=1S/C25H37N3O3/c1-5-14-28(25(30)20-9-6-7-10-20)16-21-11-8-15-27(21)17-22-12-13-23(31-22)24(29)26-19(4)18(2)3/h8,11-13,15,18-20H,5-7,9-10,14,16-17H2,1-4H3,(H,26,29)/t19-/m0/s1. The molecule has 1 atom stereocenters. The molecular weight excluding hydrogens is 390 g/mol. The zero-order valence-corrected chi connectivity index (χ0v) is 19.4. The van der Waals surface area contributed by atoms with Crippen molar-refractivity contribution in [1.82, 2.24) is 14.8 Å². The van der Waals surface area contributed by atoms with E-state index >= 15 is 0 Å². The van der Waals surface area contributed by atoms with Crippen LogP contribution in [0.5, 0.6) is 0 Å². The molecule has 1 aliphatic rings. The molecule has 0 bridgehead atoms. The van der Waals surface area contributed by atoms with E-state index in [1.165, 1.54) is 0 Å². The fraction of sp³-hybridized carbons (Fsp3) is 0.600. The van der Waals surface area contributed by atoms with Gasteiger partial charge in [-0.15, -0.1) is 0 Å². The van der Waals surface area contributed by atoms with Gasteiger partial charge in [0.1, 0.15) is 5.76 Å². The molecule has 3 rings (SSSR count). The van der Waals surface area contributed by atoms with E-state index in [-0.39, 0.29) is 17.9 Å². The molecule has 1 N–H and O–H groups in total. The van der Waals surface area contributed by atoms with E-state index in [0.29, 0.717) is 30.7 Å². The average Bonchev–Trinajstić information content (AvgIpc) is 3.50. The first-order chi connectivity index (χ1) is 14.9. The Morgan fingerprint density at radius 1 is 1.19 bits per heavy atom. The first-order valence-electron chi connectivity index (χ1n) is 11.7. The van der Waals surface area contributed by atoms with Crippen molar-refractivity contribution < 1.29 is 14.0 Å². The molecule has 0 radical (unpaired) electrons. The number of nitrogens with one attached hydrogen (secondary N) is 1. The van der Waals surface area contributed by atoms with E-state index in [0.717, 1.165) is 50.1 Å². The summed E-state index contributed by atoms with van der Waals surface area (Å²) in [4.78, 5) is 27.4. The summed E-state index contributed by atoms with van der Waals surface area (Å²) in [5.41, 5.74) is 1.08. The summed E-state index contributed by atoms with van der Waals surface area (Å²) in [6.07, 6.45) is 7.32. The number of hydrogen-bond donors (Lipinski definition) is 1. The Bertz CT molecular complexity index is 861. The van der Waals surface area contributed by atoms with E-state index < -0.39 is 0 Å². The van der Waals surface area contributed by atoms with Gasteiger partial charge in [0.15, 0.2) is 5.76 Å². The monoisotopic (exact) mass is 427 g/mol. The average molecular weight is 428 g/mol. The van der Waals surface area contributed by atoms with Crippen molar-refractivity contribution in [3.63, 3.8) is 0 Å². The van der Waals surface area contributed by atoms with Crippen molar-refractivity contribution in [2.45, 2.75) is 78.9 Å². The Hall–Kier alpha value is -2.50. The van der Waals surface area contributed by atoms with Crippen molar-refractivity contribution in [2.75, 3.05) is 6.54 Å². The van der Waals surface area contributed by atoms with Gasteiger partial charge in [0, 0.05) is 30.4 Å². The van der Waals surface area contributed by atoms with Crippen LogP contribution in [-0.2, 0) is 17.9 Å². The minimum atomic E-state index is -0.184. The first kappa shape index (κ1) is 23.2. The molecule has 1 fully saturated rings. The van der Waals surface area contributed by atoms with Crippen LogP contribution in [0.4, 0.5) is 0 Å². The molecule has 1 aliphatic carbocycles. The van der Waals surface area contributed by atoms with Gasteiger partial charge >= 0.3 is 0 Å². The highest BCUT2D eigenvalue weighted by molar-refractivity contribution is 5.91. The van der Waals surface area contributed by atoms with Gasteiger partial charge < -0.3 is 19.2 Å². The molecule has 2 aromatic heterocycles. The number of hydrogen-bond acceptors (Lipinski definition) is 3. The van der Waals surface area contributed by atoms with Crippen LogP contribution in [-0.4, -0.2) is 33.9 Å². The summed E-state index contributed by atoms with van der Waals surface area (Å²) in [6, 6.07) is 7.73. The van der Waals surface area contributed by atoms with Crippen LogP contribution in [0.3, 0.4) is 0 Å². The third kappa shape index (κ3) is 6.02. The lowest BCUT2D eigenvalue weighted by molar-refractivity contribution is -0.136. The Balaban J connectivity index is 1.65. The normalized spacial score (nSPS) is 15.4. The predicted molar refractivity (Wildman–Crippen MR) is 122 cm³/mol. The smallest absolute Gasteiger partial charge is 0.287 e. The number of nitrogens with zero attached hydrogens (tertiary/aromatic N) is 2. The van der Waals surface area contributed by atoms with Crippen LogP contribution in [0.15, 0.2) is 34.9 Å². The minimum Gasteiger partial charge on any atom is -0.454 e. The topological polar surface area (TPSA) is 67.5 Å². The molecule has 2 heterocycles. The van der Waals surface area contributed by atoms with Gasteiger partial charge in [0.05, 0.1) is 13.1 Å². The number of carbonyl (C=O) groups excluding carboxylic acids is 2. The highest BCUT2D eigenvalue weighted by Gasteiger charge is 2.27. The minimum absolute atomic E-state index is 0.0825. The zero-order valence-electron chi connectivity index (χ0n) is 19.4. The lowest BCUT2D eigenvalue weighted by Gasteiger charge is -2.26. The zero-order chi connectivity index (χ0) is 22.4. The molecule has 31 heavy (non-hydrogen) atoms. The SMILES string of the molecule is CCCN(Cc1cccn1Cc1ccc(C(=O)N[C@@H](C)C(C)C)o1)C(=O)C1CCCC1. The second-order valence-corrected chi connectivity index (χ2v) is 9.14. The van der Waals surface area contributed by atoms with Crippen LogP contribution in [0.2, 0.25) is 0 Å². The van der Waals surface area contributed by atoms with E-state index in [1.54, 1.807) is 6.07 Å². The molecule has 6 nitrogen and oxygen atoms in total. The summed E-state index contributed by atoms with van der Waals surface area (Å²) < 4.78 is 7.92. The van der Waals surface area contributed by atoms with Gasteiger partial charge in [-0.1, -0.05) is 33.6 Å². The third-order valence-electron chi connectivity index (χ3n) is 6.36. The highest BCUT2D eigenvalue weighted by Crippen LogP contribution is 2.27. The predicted octanol–water partition coefficient (Wildman–Crippen LogP) is 4.83. The van der Waals surface area contributed by atoms with Gasteiger partial charge in [-0.05, 0) is 56.4 Å². The Morgan fingerprint density at radius 2 is 1.94 bits per heavy atom. The molecule has 0 spiro atoms. The molecule has 2 amide bonds. The van der Waals surface area contributed by atoms with Crippen LogP contribution in [0, 0.1) is 11.8 Å². The Morgan fingerprint density at radius 3 is 2.61 bits per heavy atom. The van der Waals surface area contributed by atoms with Gasteiger partial charge in [-0.25, -0.2) is 0 Å².